The molecule has 1 heterocycles. The lowest BCUT2D eigenvalue weighted by Gasteiger charge is -2.25. The van der Waals surface area contributed by atoms with Crippen LogP contribution < -0.4 is 10.6 Å². The van der Waals surface area contributed by atoms with E-state index in [1.165, 1.54) is 0 Å². The summed E-state index contributed by atoms with van der Waals surface area (Å²) in [7, 11) is 3.84. The maximum Gasteiger partial charge on any atom is 0.252 e. The van der Waals surface area contributed by atoms with Gasteiger partial charge in [0, 0.05) is 12.1 Å². The molecule has 2 unspecified atom stereocenters. The molecule has 2 atom stereocenters. The Hall–Kier alpha value is -3.38. The molecule has 29 heavy (non-hydrogen) atoms. The summed E-state index contributed by atoms with van der Waals surface area (Å²) in [6.07, 6.45) is 1.61. The Kier molecular flexibility index (Phi) is 6.81. The first-order valence-corrected chi connectivity index (χ1v) is 9.44. The van der Waals surface area contributed by atoms with Gasteiger partial charge in [-0.2, -0.15) is 0 Å². The van der Waals surface area contributed by atoms with Crippen molar-refractivity contribution in [2.24, 2.45) is 0 Å². The summed E-state index contributed by atoms with van der Waals surface area (Å²) in [6.45, 7) is 0.351. The summed E-state index contributed by atoms with van der Waals surface area (Å²) in [5.74, 6) is 0.184. The molecule has 2 aromatic carbocycles. The summed E-state index contributed by atoms with van der Waals surface area (Å²) in [6, 6.07) is 20.8. The summed E-state index contributed by atoms with van der Waals surface area (Å²) in [5, 5.41) is 5.80. The monoisotopic (exact) mass is 391 g/mol. The molecule has 0 spiro atoms. The number of nitrogens with one attached hydrogen (secondary N) is 2. The lowest BCUT2D eigenvalue weighted by molar-refractivity contribution is -0.123. The Morgan fingerprint density at radius 2 is 1.59 bits per heavy atom. The van der Waals surface area contributed by atoms with Crippen LogP contribution in [0.3, 0.4) is 0 Å². The minimum absolute atomic E-state index is 0.116. The Bertz CT molecular complexity index is 909. The van der Waals surface area contributed by atoms with E-state index in [-0.39, 0.29) is 17.9 Å². The molecule has 0 aliphatic carbocycles. The number of benzene rings is 2. The third kappa shape index (κ3) is 5.33. The molecule has 3 aromatic rings. The number of carbonyl (C=O) groups is 2. The van der Waals surface area contributed by atoms with Gasteiger partial charge in [0.1, 0.15) is 11.8 Å². The smallest absolute Gasteiger partial charge is 0.252 e. The highest BCUT2D eigenvalue weighted by molar-refractivity contribution is 5.97. The first kappa shape index (κ1) is 20.4. The van der Waals surface area contributed by atoms with Gasteiger partial charge in [0.2, 0.25) is 5.91 Å². The van der Waals surface area contributed by atoms with Crippen LogP contribution in [0.2, 0.25) is 0 Å². The third-order valence-electron chi connectivity index (χ3n) is 4.67. The predicted octanol–water partition coefficient (Wildman–Crippen LogP) is 3.17. The van der Waals surface area contributed by atoms with Gasteiger partial charge < -0.3 is 15.1 Å². The van der Waals surface area contributed by atoms with E-state index in [2.05, 4.69) is 10.6 Å². The van der Waals surface area contributed by atoms with E-state index in [9.17, 15) is 9.59 Å². The highest BCUT2D eigenvalue weighted by Crippen LogP contribution is 2.19. The quantitative estimate of drug-likeness (QED) is 0.619. The van der Waals surface area contributed by atoms with Crippen LogP contribution in [0.25, 0.3) is 0 Å². The van der Waals surface area contributed by atoms with Crippen molar-refractivity contribution in [2.45, 2.75) is 12.1 Å². The van der Waals surface area contributed by atoms with Gasteiger partial charge in [0.05, 0.1) is 12.3 Å². The van der Waals surface area contributed by atoms with Crippen LogP contribution in [0.5, 0.6) is 0 Å². The molecule has 0 fully saturated rings. The molecule has 6 nitrogen and oxygen atoms in total. The average molecular weight is 391 g/mol. The number of hydrogen-bond donors (Lipinski definition) is 2. The zero-order valence-electron chi connectivity index (χ0n) is 16.5. The maximum atomic E-state index is 13.0. The first-order chi connectivity index (χ1) is 14.1. The van der Waals surface area contributed by atoms with Crippen LogP contribution in [0.4, 0.5) is 0 Å². The van der Waals surface area contributed by atoms with Crippen molar-refractivity contribution < 1.29 is 14.0 Å². The molecular formula is C23H25N3O3. The van der Waals surface area contributed by atoms with Crippen LogP contribution in [-0.4, -0.2) is 37.4 Å². The molecule has 3 rings (SSSR count). The van der Waals surface area contributed by atoms with Gasteiger partial charge in [0.25, 0.3) is 5.91 Å². The second-order valence-corrected chi connectivity index (χ2v) is 6.92. The van der Waals surface area contributed by atoms with Crippen molar-refractivity contribution in [2.75, 3.05) is 20.6 Å². The van der Waals surface area contributed by atoms with Crippen molar-refractivity contribution >= 4 is 11.8 Å². The van der Waals surface area contributed by atoms with Crippen LogP contribution in [0, 0.1) is 0 Å². The zero-order valence-corrected chi connectivity index (χ0v) is 16.5. The number of nitrogens with zero attached hydrogens (tertiary/aromatic N) is 1. The molecule has 2 amide bonds. The lowest BCUT2D eigenvalue weighted by atomic mass is 10.0. The molecule has 1 aromatic heterocycles. The third-order valence-corrected chi connectivity index (χ3v) is 4.67. The second-order valence-electron chi connectivity index (χ2n) is 6.92. The van der Waals surface area contributed by atoms with Crippen molar-refractivity contribution in [3.63, 3.8) is 0 Å². The minimum atomic E-state index is -0.802. The molecule has 0 aliphatic rings. The van der Waals surface area contributed by atoms with Crippen LogP contribution in [-0.2, 0) is 4.79 Å². The van der Waals surface area contributed by atoms with Crippen molar-refractivity contribution in [1.29, 1.82) is 0 Å². The fourth-order valence-corrected chi connectivity index (χ4v) is 3.07. The average Bonchev–Trinajstić information content (AvgIpc) is 3.27. The van der Waals surface area contributed by atoms with Gasteiger partial charge in [-0.15, -0.1) is 0 Å². The lowest BCUT2D eigenvalue weighted by Crippen LogP contribution is -2.43. The Labute approximate surface area is 170 Å². The van der Waals surface area contributed by atoms with E-state index in [1.54, 1.807) is 30.5 Å². The number of hydrogen-bond acceptors (Lipinski definition) is 4. The summed E-state index contributed by atoms with van der Waals surface area (Å²) < 4.78 is 5.49. The fraction of sp³-hybridized carbons (Fsp3) is 0.217. The largest absolute Gasteiger partial charge is 0.468 e. The van der Waals surface area contributed by atoms with E-state index in [1.807, 2.05) is 67.5 Å². The van der Waals surface area contributed by atoms with E-state index in [0.717, 1.165) is 5.76 Å². The van der Waals surface area contributed by atoms with Gasteiger partial charge in [-0.25, -0.2) is 0 Å². The van der Waals surface area contributed by atoms with Crippen LogP contribution in [0.1, 0.15) is 33.8 Å². The van der Waals surface area contributed by atoms with E-state index < -0.39 is 6.04 Å². The topological polar surface area (TPSA) is 74.6 Å². The van der Waals surface area contributed by atoms with Crippen molar-refractivity contribution in [1.82, 2.24) is 15.5 Å². The van der Waals surface area contributed by atoms with Crippen molar-refractivity contribution in [3.8, 4) is 0 Å². The number of amides is 2. The van der Waals surface area contributed by atoms with Gasteiger partial charge in [0.15, 0.2) is 0 Å². The van der Waals surface area contributed by atoms with Gasteiger partial charge in [-0.05, 0) is 43.9 Å². The zero-order chi connectivity index (χ0) is 20.6. The molecule has 6 heteroatoms. The van der Waals surface area contributed by atoms with Crippen LogP contribution in [0.15, 0.2) is 83.5 Å². The highest BCUT2D eigenvalue weighted by Gasteiger charge is 2.25. The normalized spacial score (nSPS) is 12.9. The van der Waals surface area contributed by atoms with E-state index in [0.29, 0.717) is 17.7 Å². The number of likely N-dealkylation sites (N-methyl/N-ethyl adjacent to an activating group) is 1. The Morgan fingerprint density at radius 1 is 0.931 bits per heavy atom. The predicted molar refractivity (Wildman–Crippen MR) is 111 cm³/mol. The summed E-state index contributed by atoms with van der Waals surface area (Å²) >= 11 is 0. The molecule has 0 bridgehead atoms. The molecule has 150 valence electrons. The Balaban J connectivity index is 1.75. The minimum Gasteiger partial charge on any atom is -0.468 e. The Morgan fingerprint density at radius 3 is 2.17 bits per heavy atom. The fourth-order valence-electron chi connectivity index (χ4n) is 3.07. The highest BCUT2D eigenvalue weighted by atomic mass is 16.3. The summed E-state index contributed by atoms with van der Waals surface area (Å²) in [4.78, 5) is 27.7. The first-order valence-electron chi connectivity index (χ1n) is 9.44. The second kappa shape index (κ2) is 9.71. The van der Waals surface area contributed by atoms with Gasteiger partial charge in [-0.3, -0.25) is 14.5 Å². The van der Waals surface area contributed by atoms with Crippen LogP contribution >= 0.6 is 0 Å². The molecule has 0 radical (unpaired) electrons. The van der Waals surface area contributed by atoms with E-state index >= 15 is 0 Å². The molecule has 0 aliphatic heterocycles. The SMILES string of the molecule is CN(C)C(CNC(=O)C(NC(=O)c1ccccc1)c1ccccc1)c1ccco1. The van der Waals surface area contributed by atoms with Gasteiger partial charge >= 0.3 is 0 Å². The molecular weight excluding hydrogens is 366 g/mol. The maximum absolute atomic E-state index is 13.0. The van der Waals surface area contributed by atoms with E-state index in [4.69, 9.17) is 4.42 Å². The molecule has 0 saturated heterocycles. The van der Waals surface area contributed by atoms with Crippen molar-refractivity contribution in [3.05, 3.63) is 95.9 Å². The number of carbonyl (C=O) groups excluding carboxylic acids is 2. The molecule has 0 saturated carbocycles. The number of rotatable bonds is 8. The number of furan rings is 1. The van der Waals surface area contributed by atoms with Gasteiger partial charge in [-0.1, -0.05) is 48.5 Å². The molecule has 2 N–H and O–H groups in total. The summed E-state index contributed by atoms with van der Waals surface area (Å²) in [5.41, 5.74) is 1.22. The standard InChI is InChI=1S/C23H25N3O3/c1-26(2)19(20-14-9-15-29-20)16-24-23(28)21(17-10-5-3-6-11-17)25-22(27)18-12-7-4-8-13-18/h3-15,19,21H,16H2,1-2H3,(H,24,28)(H,25,27).